The maximum absolute atomic E-state index is 10.6. The molecule has 0 radical (unpaired) electrons. The summed E-state index contributed by atoms with van der Waals surface area (Å²) in [6.45, 7) is -0.00814. The average Bonchev–Trinajstić information content (AvgIpc) is 2.34. The second kappa shape index (κ2) is 9.66. The summed E-state index contributed by atoms with van der Waals surface area (Å²) >= 11 is 0. The number of carboxylic acids is 3. The monoisotopic (exact) mass is 292 g/mol. The molecule has 0 fully saturated rings. The Morgan fingerprint density at radius 2 is 1.90 bits per heavy atom. The van der Waals surface area contributed by atoms with E-state index in [0.29, 0.717) is 0 Å². The minimum Gasteiger partial charge on any atom is -0.481 e. The third kappa shape index (κ3) is 8.79. The Balaban J connectivity index is 3.81. The number of carbonyl (C=O) groups is 3. The summed E-state index contributed by atoms with van der Waals surface area (Å²) < 4.78 is 0. The number of rotatable bonds is 11. The van der Waals surface area contributed by atoms with E-state index in [1.54, 1.807) is 0 Å². The molecule has 0 rings (SSSR count). The molecule has 0 aliphatic heterocycles. The predicted molar refractivity (Wildman–Crippen MR) is 64.6 cm³/mol. The maximum Gasteiger partial charge on any atom is 0.329 e. The van der Waals surface area contributed by atoms with E-state index in [0.717, 1.165) is 6.34 Å². The Kier molecular flexibility index (Phi) is 8.58. The number of hydrogen-bond donors (Lipinski definition) is 6. The van der Waals surface area contributed by atoms with E-state index in [9.17, 15) is 14.4 Å². The van der Waals surface area contributed by atoms with Gasteiger partial charge in [0.05, 0.1) is 19.4 Å². The normalized spacial score (nSPS) is 13.8. The summed E-state index contributed by atoms with van der Waals surface area (Å²) in [5, 5.41) is 25.6. The lowest BCUT2D eigenvalue weighted by atomic mass is 10.2. The molecule has 0 heterocycles. The topological polar surface area (TPSA) is 184 Å². The third-order valence-corrected chi connectivity index (χ3v) is 1.95. The lowest BCUT2D eigenvalue weighted by Crippen LogP contribution is -2.35. The SMILES string of the molecule is N[C@@H](CCONNC=N[C@@H](CC(=O)O)C(=O)O)C(=O)O. The van der Waals surface area contributed by atoms with Crippen molar-refractivity contribution in [2.45, 2.75) is 24.9 Å². The van der Waals surface area contributed by atoms with Crippen LogP contribution in [-0.2, 0) is 19.2 Å². The fourth-order valence-electron chi connectivity index (χ4n) is 0.925. The van der Waals surface area contributed by atoms with Crippen molar-refractivity contribution in [2.75, 3.05) is 6.61 Å². The fraction of sp³-hybridized carbons (Fsp3) is 0.556. The first-order valence-electron chi connectivity index (χ1n) is 5.41. The van der Waals surface area contributed by atoms with Crippen molar-refractivity contribution >= 4 is 24.2 Å². The van der Waals surface area contributed by atoms with Crippen LogP contribution in [0.25, 0.3) is 0 Å². The summed E-state index contributed by atoms with van der Waals surface area (Å²) in [5.74, 6) is -3.82. The molecule has 11 nitrogen and oxygen atoms in total. The number of hydrazine groups is 1. The summed E-state index contributed by atoms with van der Waals surface area (Å²) in [6.07, 6.45) is 0.332. The van der Waals surface area contributed by atoms with Gasteiger partial charge in [-0.05, 0) is 6.42 Å². The quantitative estimate of drug-likeness (QED) is 0.105. The summed E-state index contributed by atoms with van der Waals surface area (Å²) in [5.41, 5.74) is 9.58. The van der Waals surface area contributed by atoms with Gasteiger partial charge in [0.1, 0.15) is 6.04 Å². The van der Waals surface area contributed by atoms with E-state index < -0.39 is 36.4 Å². The highest BCUT2D eigenvalue weighted by molar-refractivity contribution is 5.82. The molecule has 0 aromatic heterocycles. The van der Waals surface area contributed by atoms with Gasteiger partial charge >= 0.3 is 17.9 Å². The molecule has 0 amide bonds. The molecule has 0 aliphatic rings. The Morgan fingerprint density at radius 1 is 1.25 bits per heavy atom. The van der Waals surface area contributed by atoms with E-state index >= 15 is 0 Å². The van der Waals surface area contributed by atoms with Gasteiger partial charge in [-0.25, -0.2) is 4.79 Å². The van der Waals surface area contributed by atoms with Crippen molar-refractivity contribution in [3.8, 4) is 0 Å². The van der Waals surface area contributed by atoms with Crippen LogP contribution in [0.15, 0.2) is 4.99 Å². The Bertz CT molecular complexity index is 373. The molecule has 0 bridgehead atoms. The van der Waals surface area contributed by atoms with Crippen molar-refractivity contribution in [3.63, 3.8) is 0 Å². The minimum atomic E-state index is -1.41. The standard InChI is InChI=1S/C9H16N4O7/c10-5(8(16)17)1-2-20-13-12-4-11-6(9(18)19)3-7(14)15/h4-6,13H,1-3,10H2,(H,11,12)(H,14,15)(H,16,17)(H,18,19)/t5-,6-/m0/s1. The van der Waals surface area contributed by atoms with Gasteiger partial charge in [0.25, 0.3) is 0 Å². The molecule has 0 unspecified atom stereocenters. The van der Waals surface area contributed by atoms with Crippen molar-refractivity contribution in [3.05, 3.63) is 0 Å². The summed E-state index contributed by atoms with van der Waals surface area (Å²) in [6, 6.07) is -2.46. The average molecular weight is 292 g/mol. The van der Waals surface area contributed by atoms with Crippen molar-refractivity contribution in [1.82, 2.24) is 11.0 Å². The van der Waals surface area contributed by atoms with Crippen molar-refractivity contribution in [2.24, 2.45) is 10.7 Å². The molecule has 0 saturated carbocycles. The van der Waals surface area contributed by atoms with Crippen LogP contribution in [0.5, 0.6) is 0 Å². The molecule has 0 spiro atoms. The zero-order valence-corrected chi connectivity index (χ0v) is 10.4. The molecule has 0 saturated heterocycles. The van der Waals surface area contributed by atoms with Gasteiger partial charge in [0, 0.05) is 0 Å². The molecule has 0 aromatic carbocycles. The minimum absolute atomic E-state index is 0.00814. The van der Waals surface area contributed by atoms with E-state index in [-0.39, 0.29) is 13.0 Å². The highest BCUT2D eigenvalue weighted by atomic mass is 16.7. The molecule has 114 valence electrons. The van der Waals surface area contributed by atoms with E-state index in [4.69, 9.17) is 25.9 Å². The first-order chi connectivity index (χ1) is 9.34. The summed E-state index contributed by atoms with van der Waals surface area (Å²) in [4.78, 5) is 39.5. The van der Waals surface area contributed by atoms with Crippen LogP contribution in [0.1, 0.15) is 12.8 Å². The molecule has 0 aromatic rings. The third-order valence-electron chi connectivity index (χ3n) is 1.95. The molecule has 7 N–H and O–H groups in total. The second-order valence-electron chi connectivity index (χ2n) is 3.56. The van der Waals surface area contributed by atoms with Crippen LogP contribution in [0, 0.1) is 0 Å². The highest BCUT2D eigenvalue weighted by Crippen LogP contribution is 1.97. The van der Waals surface area contributed by atoms with Gasteiger partial charge in [0.2, 0.25) is 0 Å². The molecule has 20 heavy (non-hydrogen) atoms. The van der Waals surface area contributed by atoms with Crippen LogP contribution < -0.4 is 16.7 Å². The fourth-order valence-corrected chi connectivity index (χ4v) is 0.925. The van der Waals surface area contributed by atoms with E-state index in [2.05, 4.69) is 16.0 Å². The first-order valence-corrected chi connectivity index (χ1v) is 5.41. The number of nitrogens with two attached hydrogens (primary N) is 1. The summed E-state index contributed by atoms with van der Waals surface area (Å²) in [7, 11) is 0. The van der Waals surface area contributed by atoms with E-state index in [1.807, 2.05) is 0 Å². The smallest absolute Gasteiger partial charge is 0.329 e. The number of nitrogens with one attached hydrogen (secondary N) is 2. The Hall–Kier alpha value is -2.24. The molecule has 0 aliphatic carbocycles. The van der Waals surface area contributed by atoms with Crippen molar-refractivity contribution < 1.29 is 34.5 Å². The predicted octanol–water partition coefficient (Wildman–Crippen LogP) is -2.23. The van der Waals surface area contributed by atoms with Gasteiger partial charge in [-0.2, -0.15) is 0 Å². The molecular weight excluding hydrogens is 276 g/mol. The van der Waals surface area contributed by atoms with Gasteiger partial charge in [-0.3, -0.25) is 24.8 Å². The molecular formula is C9H16N4O7. The van der Waals surface area contributed by atoms with Gasteiger partial charge < -0.3 is 21.1 Å². The number of carboxylic acid groups (broad SMARTS) is 3. The zero-order chi connectivity index (χ0) is 15.5. The second-order valence-corrected chi connectivity index (χ2v) is 3.56. The lowest BCUT2D eigenvalue weighted by Gasteiger charge is -2.08. The Labute approximate surface area is 113 Å². The number of aliphatic imine (C=N–C) groups is 1. The maximum atomic E-state index is 10.6. The number of aliphatic carboxylic acids is 3. The largest absolute Gasteiger partial charge is 0.481 e. The molecule has 11 heteroatoms. The lowest BCUT2D eigenvalue weighted by molar-refractivity contribution is -0.144. The highest BCUT2D eigenvalue weighted by Gasteiger charge is 2.18. The van der Waals surface area contributed by atoms with E-state index in [1.165, 1.54) is 0 Å². The van der Waals surface area contributed by atoms with Crippen LogP contribution in [0.2, 0.25) is 0 Å². The van der Waals surface area contributed by atoms with Crippen LogP contribution in [-0.4, -0.2) is 58.3 Å². The van der Waals surface area contributed by atoms with Crippen molar-refractivity contribution in [1.29, 1.82) is 0 Å². The number of hydrogen-bond acceptors (Lipinski definition) is 7. The van der Waals surface area contributed by atoms with Crippen LogP contribution in [0.3, 0.4) is 0 Å². The van der Waals surface area contributed by atoms with Crippen LogP contribution in [0.4, 0.5) is 0 Å². The zero-order valence-electron chi connectivity index (χ0n) is 10.4. The number of nitrogens with zero attached hydrogens (tertiary/aromatic N) is 1. The van der Waals surface area contributed by atoms with Gasteiger partial charge in [-0.1, -0.05) is 0 Å². The Morgan fingerprint density at radius 3 is 2.40 bits per heavy atom. The molecule has 2 atom stereocenters. The van der Waals surface area contributed by atoms with Crippen LogP contribution >= 0.6 is 0 Å². The van der Waals surface area contributed by atoms with Gasteiger partial charge in [0.15, 0.2) is 6.04 Å². The first kappa shape index (κ1) is 17.8. The van der Waals surface area contributed by atoms with Gasteiger partial charge in [-0.15, -0.1) is 5.59 Å².